The summed E-state index contributed by atoms with van der Waals surface area (Å²) in [4.78, 5) is 24.3. The van der Waals surface area contributed by atoms with Gasteiger partial charge >= 0.3 is 0 Å². The summed E-state index contributed by atoms with van der Waals surface area (Å²) in [6, 6.07) is 15.4. The zero-order chi connectivity index (χ0) is 24.5. The highest BCUT2D eigenvalue weighted by atomic mass is 79.9. The first-order valence-electron chi connectivity index (χ1n) is 10.1. The number of halogens is 3. The number of ether oxygens (including phenoxy) is 2. The molecule has 0 saturated heterocycles. The Morgan fingerprint density at radius 3 is 2.47 bits per heavy atom. The maximum absolute atomic E-state index is 13.0. The molecule has 34 heavy (non-hydrogen) atoms. The molecule has 0 radical (unpaired) electrons. The van der Waals surface area contributed by atoms with Crippen LogP contribution in [-0.4, -0.2) is 31.2 Å². The fourth-order valence-corrected chi connectivity index (χ4v) is 3.30. The van der Waals surface area contributed by atoms with E-state index in [0.717, 1.165) is 4.47 Å². The molecule has 0 bridgehead atoms. The maximum Gasteiger partial charge on any atom is 0.271 e. The van der Waals surface area contributed by atoms with Crippen molar-refractivity contribution in [1.29, 1.82) is 0 Å². The van der Waals surface area contributed by atoms with Crippen molar-refractivity contribution in [1.82, 2.24) is 5.43 Å². The Morgan fingerprint density at radius 2 is 1.79 bits per heavy atom. The summed E-state index contributed by atoms with van der Waals surface area (Å²) in [5.41, 5.74) is 3.88. The van der Waals surface area contributed by atoms with E-state index in [1.807, 2.05) is 0 Å². The van der Waals surface area contributed by atoms with Crippen LogP contribution in [0.1, 0.15) is 22.8 Å². The number of carbonyl (C=O) groups excluding carboxylic acids is 2. The number of hydrogen-bond acceptors (Lipinski definition) is 5. The normalized spacial score (nSPS) is 10.7. The number of carbonyl (C=O) groups is 2. The minimum atomic E-state index is -0.452. The first-order valence-corrected chi connectivity index (χ1v) is 11.3. The van der Waals surface area contributed by atoms with Crippen LogP contribution in [0.2, 0.25) is 5.02 Å². The topological polar surface area (TPSA) is 89.0 Å². The highest BCUT2D eigenvalue weighted by Crippen LogP contribution is 2.36. The number of hydrogen-bond donors (Lipinski definition) is 2. The van der Waals surface area contributed by atoms with Gasteiger partial charge in [0.25, 0.3) is 11.8 Å². The van der Waals surface area contributed by atoms with Crippen LogP contribution in [0.4, 0.5) is 10.1 Å². The van der Waals surface area contributed by atoms with E-state index in [4.69, 9.17) is 21.1 Å². The molecule has 2 amide bonds. The summed E-state index contributed by atoms with van der Waals surface area (Å²) in [6.45, 7) is 1.78. The summed E-state index contributed by atoms with van der Waals surface area (Å²) in [5.74, 6) is -0.726. The quantitative estimate of drug-likeness (QED) is 0.276. The van der Waals surface area contributed by atoms with Gasteiger partial charge in [-0.3, -0.25) is 9.59 Å². The van der Waals surface area contributed by atoms with Crippen molar-refractivity contribution < 1.29 is 23.5 Å². The molecular weight excluding hydrogens is 529 g/mol. The number of benzene rings is 3. The van der Waals surface area contributed by atoms with E-state index in [1.54, 1.807) is 43.3 Å². The van der Waals surface area contributed by atoms with Gasteiger partial charge in [0.05, 0.1) is 17.8 Å². The lowest BCUT2D eigenvalue weighted by Gasteiger charge is -2.14. The number of anilines is 1. The minimum Gasteiger partial charge on any atom is -0.490 e. The third kappa shape index (κ3) is 7.29. The summed E-state index contributed by atoms with van der Waals surface area (Å²) in [5, 5.41) is 6.75. The number of nitrogens with zero attached hydrogens (tertiary/aromatic N) is 1. The van der Waals surface area contributed by atoms with Gasteiger partial charge in [-0.15, -0.1) is 0 Å². The fraction of sp³-hybridized carbons (Fsp3) is 0.125. The second-order valence-electron chi connectivity index (χ2n) is 6.81. The molecule has 0 aromatic heterocycles. The van der Waals surface area contributed by atoms with Gasteiger partial charge in [0.15, 0.2) is 18.1 Å². The Balaban J connectivity index is 1.65. The Kier molecular flexibility index (Phi) is 9.00. The van der Waals surface area contributed by atoms with Gasteiger partial charge in [-0.2, -0.15) is 5.10 Å². The van der Waals surface area contributed by atoms with Gasteiger partial charge < -0.3 is 14.8 Å². The van der Waals surface area contributed by atoms with E-state index >= 15 is 0 Å². The van der Waals surface area contributed by atoms with Gasteiger partial charge in [-0.1, -0.05) is 27.5 Å². The smallest absolute Gasteiger partial charge is 0.271 e. The van der Waals surface area contributed by atoms with E-state index in [-0.39, 0.29) is 23.3 Å². The summed E-state index contributed by atoms with van der Waals surface area (Å²) in [6.07, 6.45) is 1.41. The van der Waals surface area contributed by atoms with Crippen molar-refractivity contribution >= 4 is 51.2 Å². The molecule has 0 fully saturated rings. The molecule has 0 aliphatic heterocycles. The molecule has 0 unspecified atom stereocenters. The van der Waals surface area contributed by atoms with Gasteiger partial charge in [0.1, 0.15) is 5.82 Å². The fourth-order valence-electron chi connectivity index (χ4n) is 2.76. The van der Waals surface area contributed by atoms with Gasteiger partial charge in [-0.05, 0) is 73.2 Å². The molecule has 3 aromatic rings. The van der Waals surface area contributed by atoms with Crippen LogP contribution >= 0.6 is 27.5 Å². The van der Waals surface area contributed by atoms with E-state index in [9.17, 15) is 14.0 Å². The highest BCUT2D eigenvalue weighted by molar-refractivity contribution is 9.10. The second-order valence-corrected chi connectivity index (χ2v) is 8.14. The van der Waals surface area contributed by atoms with Crippen molar-refractivity contribution in [2.45, 2.75) is 6.92 Å². The SMILES string of the molecule is CCOc1cc(/C=N/NC(=O)c2ccc(Br)cc2)cc(Cl)c1OCC(=O)Nc1ccc(F)cc1. The molecule has 3 aromatic carbocycles. The van der Waals surface area contributed by atoms with Gasteiger partial charge in [0.2, 0.25) is 0 Å². The van der Waals surface area contributed by atoms with Crippen molar-refractivity contribution in [3.05, 3.63) is 87.1 Å². The standard InChI is InChI=1S/C24H20BrClFN3O4/c1-2-33-21-12-15(13-28-30-24(32)16-3-5-17(25)6-4-16)11-20(26)23(21)34-14-22(31)29-19-9-7-18(27)8-10-19/h3-13H,2,14H2,1H3,(H,29,31)(H,30,32)/b28-13+. The van der Waals surface area contributed by atoms with E-state index in [0.29, 0.717) is 29.2 Å². The second kappa shape index (κ2) is 12.2. The average Bonchev–Trinajstić information content (AvgIpc) is 2.80. The van der Waals surface area contributed by atoms with E-state index < -0.39 is 11.7 Å². The predicted molar refractivity (Wildman–Crippen MR) is 132 cm³/mol. The minimum absolute atomic E-state index is 0.189. The monoisotopic (exact) mass is 547 g/mol. The zero-order valence-corrected chi connectivity index (χ0v) is 20.3. The molecular formula is C24H20BrClFN3O4. The molecule has 0 saturated carbocycles. The van der Waals surface area contributed by atoms with Crippen LogP contribution in [0.25, 0.3) is 0 Å². The van der Waals surface area contributed by atoms with Crippen molar-refractivity contribution in [2.75, 3.05) is 18.5 Å². The molecule has 176 valence electrons. The summed E-state index contributed by atoms with van der Waals surface area (Å²) in [7, 11) is 0. The van der Waals surface area contributed by atoms with Gasteiger partial charge in [0, 0.05) is 15.7 Å². The first-order chi connectivity index (χ1) is 16.4. The van der Waals surface area contributed by atoms with Gasteiger partial charge in [-0.25, -0.2) is 9.82 Å². The highest BCUT2D eigenvalue weighted by Gasteiger charge is 2.14. The van der Waals surface area contributed by atoms with Crippen molar-refractivity contribution in [3.63, 3.8) is 0 Å². The third-order valence-corrected chi connectivity index (χ3v) is 5.10. The molecule has 2 N–H and O–H groups in total. The predicted octanol–water partition coefficient (Wildman–Crippen LogP) is 5.42. The molecule has 0 atom stereocenters. The molecule has 7 nitrogen and oxygen atoms in total. The van der Waals surface area contributed by atoms with Crippen LogP contribution in [0.3, 0.4) is 0 Å². The molecule has 10 heteroatoms. The lowest BCUT2D eigenvalue weighted by molar-refractivity contribution is -0.118. The summed E-state index contributed by atoms with van der Waals surface area (Å²) < 4.78 is 25.0. The third-order valence-electron chi connectivity index (χ3n) is 4.29. The molecule has 0 aliphatic carbocycles. The van der Waals surface area contributed by atoms with Crippen molar-refractivity contribution in [2.24, 2.45) is 5.10 Å². The average molecular weight is 549 g/mol. The Hall–Kier alpha value is -3.43. The van der Waals surface area contributed by atoms with Crippen LogP contribution < -0.4 is 20.2 Å². The molecule has 3 rings (SSSR count). The largest absolute Gasteiger partial charge is 0.490 e. The molecule has 0 aliphatic rings. The summed E-state index contributed by atoms with van der Waals surface area (Å²) >= 11 is 9.67. The first kappa shape index (κ1) is 25.2. The number of nitrogens with one attached hydrogen (secondary N) is 2. The Labute approximate surface area is 209 Å². The number of amides is 2. The van der Waals surface area contributed by atoms with E-state index in [1.165, 1.54) is 30.5 Å². The lowest BCUT2D eigenvalue weighted by Crippen LogP contribution is -2.20. The van der Waals surface area contributed by atoms with Crippen LogP contribution in [-0.2, 0) is 4.79 Å². The molecule has 0 heterocycles. The maximum atomic E-state index is 13.0. The lowest BCUT2D eigenvalue weighted by atomic mass is 10.2. The zero-order valence-electron chi connectivity index (χ0n) is 18.0. The van der Waals surface area contributed by atoms with E-state index in [2.05, 4.69) is 31.8 Å². The molecule has 0 spiro atoms. The van der Waals surface area contributed by atoms with Crippen LogP contribution in [0.15, 0.2) is 70.2 Å². The number of rotatable bonds is 9. The Morgan fingerprint density at radius 1 is 1.09 bits per heavy atom. The Bertz CT molecular complexity index is 1190. The van der Waals surface area contributed by atoms with Crippen LogP contribution in [0, 0.1) is 5.82 Å². The van der Waals surface area contributed by atoms with Crippen molar-refractivity contribution in [3.8, 4) is 11.5 Å². The number of hydrazone groups is 1. The van der Waals surface area contributed by atoms with Crippen LogP contribution in [0.5, 0.6) is 11.5 Å².